The van der Waals surface area contributed by atoms with Crippen molar-refractivity contribution in [3.63, 3.8) is 0 Å². The highest BCUT2D eigenvalue weighted by Gasteiger charge is 2.31. The summed E-state index contributed by atoms with van der Waals surface area (Å²) in [4.78, 5) is 6.15. The van der Waals surface area contributed by atoms with Gasteiger partial charge in [0.05, 0.1) is 18.6 Å². The summed E-state index contributed by atoms with van der Waals surface area (Å²) in [5, 5.41) is 9.54. The lowest BCUT2D eigenvalue weighted by Gasteiger charge is -2.12. The number of thiophene rings is 1. The highest BCUT2D eigenvalue weighted by atomic mass is 32.2. The maximum Gasteiger partial charge on any atom is 0.264 e. The molecule has 0 spiro atoms. The molecule has 0 bridgehead atoms. The van der Waals surface area contributed by atoms with Crippen molar-refractivity contribution in [3.05, 3.63) is 63.0 Å². The minimum atomic E-state index is -3.61. The number of benzene rings is 1. The van der Waals surface area contributed by atoms with E-state index in [1.807, 2.05) is 42.7 Å². The third kappa shape index (κ3) is 3.65. The summed E-state index contributed by atoms with van der Waals surface area (Å²) in [5.74, 6) is 1.31. The van der Waals surface area contributed by atoms with E-state index < -0.39 is 16.2 Å². The van der Waals surface area contributed by atoms with Gasteiger partial charge < -0.3 is 0 Å². The van der Waals surface area contributed by atoms with Gasteiger partial charge in [0.1, 0.15) is 16.9 Å². The van der Waals surface area contributed by atoms with E-state index in [1.54, 1.807) is 11.3 Å². The molecule has 1 aromatic carbocycles. The minimum absolute atomic E-state index is 0.126. The van der Waals surface area contributed by atoms with Gasteiger partial charge in [-0.15, -0.1) is 21.5 Å². The monoisotopic (exact) mass is 430 g/mol. The van der Waals surface area contributed by atoms with Gasteiger partial charge in [-0.05, 0) is 33.3 Å². The van der Waals surface area contributed by atoms with Crippen LogP contribution >= 0.6 is 11.3 Å². The average Bonchev–Trinajstić information content (AvgIpc) is 3.11. The summed E-state index contributed by atoms with van der Waals surface area (Å²) in [7, 11) is -3.61. The Morgan fingerprint density at radius 3 is 2.45 bits per heavy atom. The van der Waals surface area contributed by atoms with Crippen molar-refractivity contribution in [3.8, 4) is 5.00 Å². The fraction of sp³-hybridized carbons (Fsp3) is 0.350. The largest absolute Gasteiger partial charge is 0.271 e. The first-order valence-corrected chi connectivity index (χ1v) is 11.8. The van der Waals surface area contributed by atoms with Gasteiger partial charge in [-0.25, -0.2) is 0 Å². The van der Waals surface area contributed by atoms with E-state index in [0.717, 1.165) is 45.0 Å². The standard InChI is InChI=1S/C20H22N4O3S2/c1-11-6-8-15(9-7-11)18-17-12(2)13(3)28-20(17)24-14(4)22-23-19(24)16(21-18)10-27-29(5,25)26/h6-9,16H,10H2,1-5H3/t16-/m0/s1. The van der Waals surface area contributed by atoms with Crippen molar-refractivity contribution in [2.45, 2.75) is 33.7 Å². The molecule has 1 atom stereocenters. The molecule has 0 saturated carbocycles. The average molecular weight is 431 g/mol. The molecule has 0 N–H and O–H groups in total. The Labute approximate surface area is 174 Å². The Kier molecular flexibility index (Phi) is 4.92. The number of rotatable bonds is 4. The molecule has 7 nitrogen and oxygen atoms in total. The van der Waals surface area contributed by atoms with Gasteiger partial charge in [0.2, 0.25) is 0 Å². The molecule has 1 aliphatic rings. The SMILES string of the molecule is Cc1ccc(C2=N[C@@H](COS(C)(=O)=O)c3nnc(C)n3-c3sc(C)c(C)c32)cc1. The van der Waals surface area contributed by atoms with Crippen molar-refractivity contribution in [2.75, 3.05) is 12.9 Å². The number of fused-ring (bicyclic) bond motifs is 3. The van der Waals surface area contributed by atoms with Crippen LogP contribution < -0.4 is 0 Å². The topological polar surface area (TPSA) is 86.4 Å². The lowest BCUT2D eigenvalue weighted by Crippen LogP contribution is -2.15. The Morgan fingerprint density at radius 2 is 1.79 bits per heavy atom. The molecule has 0 fully saturated rings. The van der Waals surface area contributed by atoms with Crippen LogP contribution in [0.3, 0.4) is 0 Å². The summed E-state index contributed by atoms with van der Waals surface area (Å²) in [6.07, 6.45) is 1.04. The van der Waals surface area contributed by atoms with Crippen LogP contribution in [-0.4, -0.2) is 41.8 Å². The first-order chi connectivity index (χ1) is 13.7. The predicted octanol–water partition coefficient (Wildman–Crippen LogP) is 3.43. The van der Waals surface area contributed by atoms with E-state index in [4.69, 9.17) is 9.18 Å². The van der Waals surface area contributed by atoms with E-state index >= 15 is 0 Å². The number of aryl methyl sites for hydroxylation is 3. The van der Waals surface area contributed by atoms with Crippen LogP contribution in [0.2, 0.25) is 0 Å². The fourth-order valence-corrected chi connectivity index (χ4v) is 4.99. The molecule has 0 saturated heterocycles. The van der Waals surface area contributed by atoms with Gasteiger partial charge in [0, 0.05) is 16.0 Å². The summed E-state index contributed by atoms with van der Waals surface area (Å²) in [6.45, 7) is 7.97. The van der Waals surface area contributed by atoms with Gasteiger partial charge in [0.15, 0.2) is 5.82 Å². The zero-order valence-corrected chi connectivity index (χ0v) is 18.6. The molecule has 0 unspecified atom stereocenters. The van der Waals surface area contributed by atoms with Crippen LogP contribution in [0.15, 0.2) is 29.3 Å². The summed E-state index contributed by atoms with van der Waals surface area (Å²) >= 11 is 1.66. The second kappa shape index (κ2) is 7.16. The molecule has 3 heterocycles. The van der Waals surface area contributed by atoms with E-state index in [-0.39, 0.29) is 6.61 Å². The molecule has 152 valence electrons. The van der Waals surface area contributed by atoms with Crippen LogP contribution in [0.1, 0.15) is 44.8 Å². The van der Waals surface area contributed by atoms with Crippen molar-refractivity contribution in [1.82, 2.24) is 14.8 Å². The Bertz CT molecular complexity index is 1220. The van der Waals surface area contributed by atoms with Crippen LogP contribution in [0.4, 0.5) is 0 Å². The number of aliphatic imine (C=N–C) groups is 1. The number of aromatic nitrogens is 3. The smallest absolute Gasteiger partial charge is 0.264 e. The Morgan fingerprint density at radius 1 is 1.10 bits per heavy atom. The first kappa shape index (κ1) is 19.9. The first-order valence-electron chi connectivity index (χ1n) is 9.17. The molecule has 0 radical (unpaired) electrons. The number of nitrogens with zero attached hydrogens (tertiary/aromatic N) is 4. The Balaban J connectivity index is 1.97. The molecule has 29 heavy (non-hydrogen) atoms. The van der Waals surface area contributed by atoms with Gasteiger partial charge in [-0.3, -0.25) is 13.7 Å². The number of hydrogen-bond donors (Lipinski definition) is 0. The highest BCUT2D eigenvalue weighted by molar-refractivity contribution is 7.85. The molecular formula is C20H22N4O3S2. The van der Waals surface area contributed by atoms with E-state index in [2.05, 4.69) is 24.0 Å². The molecule has 4 rings (SSSR count). The molecule has 0 amide bonds. The molecule has 3 aromatic rings. The lowest BCUT2D eigenvalue weighted by atomic mass is 9.99. The van der Waals surface area contributed by atoms with E-state index in [9.17, 15) is 8.42 Å². The summed E-state index contributed by atoms with van der Waals surface area (Å²) in [5.41, 5.74) is 5.12. The third-order valence-corrected chi connectivity index (χ3v) is 6.76. The minimum Gasteiger partial charge on any atom is -0.271 e. The van der Waals surface area contributed by atoms with Gasteiger partial charge in [-0.2, -0.15) is 8.42 Å². The quantitative estimate of drug-likeness (QED) is 0.592. The van der Waals surface area contributed by atoms with Crippen LogP contribution in [0, 0.1) is 27.7 Å². The second-order valence-electron chi connectivity index (χ2n) is 7.25. The summed E-state index contributed by atoms with van der Waals surface area (Å²) in [6, 6.07) is 7.58. The van der Waals surface area contributed by atoms with Gasteiger partial charge >= 0.3 is 0 Å². The summed E-state index contributed by atoms with van der Waals surface area (Å²) < 4.78 is 30.3. The molecule has 0 aliphatic carbocycles. The van der Waals surface area contributed by atoms with E-state index in [1.165, 1.54) is 4.88 Å². The van der Waals surface area contributed by atoms with Crippen molar-refractivity contribution >= 4 is 27.2 Å². The number of hydrogen-bond acceptors (Lipinski definition) is 7. The molecule has 2 aromatic heterocycles. The maximum atomic E-state index is 11.6. The lowest BCUT2D eigenvalue weighted by molar-refractivity contribution is 0.292. The zero-order valence-electron chi connectivity index (χ0n) is 16.9. The third-order valence-electron chi connectivity index (χ3n) is 5.00. The van der Waals surface area contributed by atoms with Gasteiger partial charge in [0.25, 0.3) is 10.1 Å². The molecular weight excluding hydrogens is 408 g/mol. The molecule has 9 heteroatoms. The van der Waals surface area contributed by atoms with Crippen molar-refractivity contribution in [1.29, 1.82) is 0 Å². The van der Waals surface area contributed by atoms with E-state index in [0.29, 0.717) is 5.82 Å². The van der Waals surface area contributed by atoms with Crippen LogP contribution in [0.25, 0.3) is 5.00 Å². The highest BCUT2D eigenvalue weighted by Crippen LogP contribution is 2.38. The van der Waals surface area contributed by atoms with Crippen molar-refractivity contribution in [2.24, 2.45) is 4.99 Å². The Hall–Kier alpha value is -2.36. The van der Waals surface area contributed by atoms with Crippen molar-refractivity contribution < 1.29 is 12.6 Å². The predicted molar refractivity (Wildman–Crippen MR) is 114 cm³/mol. The van der Waals surface area contributed by atoms with Gasteiger partial charge in [-0.1, -0.05) is 29.8 Å². The second-order valence-corrected chi connectivity index (χ2v) is 10.1. The zero-order chi connectivity index (χ0) is 20.9. The van der Waals surface area contributed by atoms with Crippen LogP contribution in [-0.2, 0) is 14.3 Å². The fourth-order valence-electron chi connectivity index (χ4n) is 3.40. The molecule has 1 aliphatic heterocycles. The maximum absolute atomic E-state index is 11.6. The normalized spacial score (nSPS) is 16.2. The van der Waals surface area contributed by atoms with Crippen LogP contribution in [0.5, 0.6) is 0 Å².